The van der Waals surface area contributed by atoms with Crippen molar-refractivity contribution in [1.82, 2.24) is 40.8 Å². The fraction of sp³-hybridized carbons (Fsp3) is 0.510. The maximum absolute atomic E-state index is 14.7. The van der Waals surface area contributed by atoms with Gasteiger partial charge in [0.25, 0.3) is 5.91 Å². The van der Waals surface area contributed by atoms with Crippen molar-refractivity contribution >= 4 is 40.5 Å². The lowest BCUT2D eigenvalue weighted by atomic mass is 9.84. The highest BCUT2D eigenvalue weighted by Gasteiger charge is 2.44. The Kier molecular flexibility index (Phi) is 13.1. The van der Waals surface area contributed by atoms with E-state index in [-0.39, 0.29) is 61.7 Å². The quantitative estimate of drug-likeness (QED) is 0.113. The van der Waals surface area contributed by atoms with E-state index in [9.17, 15) is 29.1 Å². The Morgan fingerprint density at radius 3 is 2.51 bits per heavy atom. The lowest BCUT2D eigenvalue weighted by Gasteiger charge is -2.36. The minimum absolute atomic E-state index is 0.00932. The number of methoxy groups -OCH3 is 1. The summed E-state index contributed by atoms with van der Waals surface area (Å²) in [5.41, 5.74) is 9.53. The smallest absolute Gasteiger partial charge is 0.324 e. The number of rotatable bonds is 10. The molecule has 6 heterocycles. The molecule has 3 saturated heterocycles. The van der Waals surface area contributed by atoms with E-state index >= 15 is 0 Å². The van der Waals surface area contributed by atoms with Crippen LogP contribution in [0.2, 0.25) is 0 Å². The number of phenols is 1. The number of esters is 1. The molecule has 4 amide bonds. The number of fused-ring (bicyclic) bond motifs is 6. The number of hydrazine groups is 1. The summed E-state index contributed by atoms with van der Waals surface area (Å²) in [5.74, 6) is -2.43. The topological polar surface area (TPSA) is 206 Å². The van der Waals surface area contributed by atoms with Gasteiger partial charge in [0, 0.05) is 67.8 Å². The van der Waals surface area contributed by atoms with Crippen LogP contribution in [0.1, 0.15) is 83.7 Å². The summed E-state index contributed by atoms with van der Waals surface area (Å²) < 4.78 is 14.2. The number of hydrogen-bond acceptors (Lipinski definition) is 11. The van der Waals surface area contributed by atoms with E-state index in [1.54, 1.807) is 25.4 Å². The van der Waals surface area contributed by atoms with E-state index in [2.05, 4.69) is 64.9 Å². The highest BCUT2D eigenvalue weighted by molar-refractivity contribution is 5.97. The molecule has 346 valence electrons. The summed E-state index contributed by atoms with van der Waals surface area (Å²) in [6.07, 6.45) is 3.32. The van der Waals surface area contributed by atoms with E-state index in [1.165, 1.54) is 9.91 Å². The van der Waals surface area contributed by atoms with E-state index in [1.807, 2.05) is 39.0 Å². The van der Waals surface area contributed by atoms with Gasteiger partial charge in [-0.05, 0) is 104 Å². The average Bonchev–Trinajstić information content (AvgIpc) is 4.03. The molecule has 2 aromatic heterocycles. The minimum Gasteiger partial charge on any atom is -0.508 e. The van der Waals surface area contributed by atoms with Gasteiger partial charge in [-0.1, -0.05) is 39.8 Å². The van der Waals surface area contributed by atoms with Gasteiger partial charge >= 0.3 is 5.97 Å². The molecule has 16 nitrogen and oxygen atoms in total. The van der Waals surface area contributed by atoms with Crippen molar-refractivity contribution in [2.45, 2.75) is 117 Å². The normalized spacial score (nSPS) is 23.2. The molecular weight excluding hydrogens is 829 g/mol. The molecule has 2 aromatic carbocycles. The molecule has 4 aliphatic rings. The number of pyridine rings is 1. The number of carbonyl (C=O) groups is 5. The van der Waals surface area contributed by atoms with Crippen molar-refractivity contribution in [3.63, 3.8) is 0 Å². The first-order valence-electron chi connectivity index (χ1n) is 22.9. The lowest BCUT2D eigenvalue weighted by molar-refractivity contribution is -0.155. The van der Waals surface area contributed by atoms with E-state index in [0.29, 0.717) is 49.9 Å². The molecule has 0 radical (unpaired) electrons. The number of aromatic nitrogens is 2. The van der Waals surface area contributed by atoms with Crippen LogP contribution in [0.5, 0.6) is 5.75 Å². The standard InChI is InChI=1S/C49H62N8O8/c1-8-55-40-14-13-30-23-34(40)35(43(55)33-11-9-16-50-41(33)28(4)64-7)24-49(5,6)26-65-48(63)37-12-10-17-57(54-37)47(62)38(21-29-19-31(30)22-32(58)20-29)53-45(60)42(27(2)3)56-18-15-36(46(56)61)52-44(59)39-25-51-39/h9,11,13-14,16,19-20,22-23,27-28,36-39,42,51,54,58H,8,10,12,15,17-18,21,24-26H2,1-7H3,(H,52,59)(H,53,60)/t28-,36+,37-,38-,39-,42-/m0/s1. The number of likely N-dealkylation sites (tertiary alicyclic amines) is 1. The molecule has 65 heavy (non-hydrogen) atoms. The number of hydrogen-bond donors (Lipinski definition) is 5. The van der Waals surface area contributed by atoms with Crippen molar-refractivity contribution in [2.24, 2.45) is 11.3 Å². The molecule has 5 N–H and O–H groups in total. The lowest BCUT2D eigenvalue weighted by Crippen LogP contribution is -2.62. The molecule has 4 aliphatic heterocycles. The van der Waals surface area contributed by atoms with Crippen LogP contribution in [0.3, 0.4) is 0 Å². The third-order valence-corrected chi connectivity index (χ3v) is 13.2. The van der Waals surface area contributed by atoms with E-state index in [0.717, 1.165) is 39.0 Å². The van der Waals surface area contributed by atoms with Crippen LogP contribution in [-0.2, 0) is 52.8 Å². The van der Waals surface area contributed by atoms with Crippen molar-refractivity contribution in [3.05, 3.63) is 71.5 Å². The van der Waals surface area contributed by atoms with E-state index < -0.39 is 47.4 Å². The van der Waals surface area contributed by atoms with Crippen molar-refractivity contribution in [3.8, 4) is 28.1 Å². The Morgan fingerprint density at radius 1 is 1.00 bits per heavy atom. The zero-order valence-corrected chi connectivity index (χ0v) is 38.4. The predicted molar refractivity (Wildman–Crippen MR) is 244 cm³/mol. The summed E-state index contributed by atoms with van der Waals surface area (Å²) in [6, 6.07) is 11.5. The Labute approximate surface area is 379 Å². The van der Waals surface area contributed by atoms with Gasteiger partial charge < -0.3 is 40.0 Å². The summed E-state index contributed by atoms with van der Waals surface area (Å²) >= 11 is 0. The van der Waals surface area contributed by atoms with Crippen molar-refractivity contribution < 1.29 is 38.6 Å². The van der Waals surface area contributed by atoms with Gasteiger partial charge in [0.2, 0.25) is 17.7 Å². The molecule has 8 rings (SSSR count). The second kappa shape index (κ2) is 18.6. The Bertz CT molecular complexity index is 2500. The highest BCUT2D eigenvalue weighted by atomic mass is 16.5. The van der Waals surface area contributed by atoms with Crippen LogP contribution in [0.4, 0.5) is 0 Å². The number of cyclic esters (lactones) is 1. The highest BCUT2D eigenvalue weighted by Crippen LogP contribution is 2.42. The second-order valence-corrected chi connectivity index (χ2v) is 19.1. The third kappa shape index (κ3) is 9.47. The summed E-state index contributed by atoms with van der Waals surface area (Å²) in [7, 11) is 1.67. The second-order valence-electron chi connectivity index (χ2n) is 19.1. The Balaban J connectivity index is 1.20. The minimum atomic E-state index is -1.16. The van der Waals surface area contributed by atoms with Gasteiger partial charge in [0.05, 0.1) is 30.1 Å². The van der Waals surface area contributed by atoms with Crippen LogP contribution in [0.25, 0.3) is 33.3 Å². The van der Waals surface area contributed by atoms with Gasteiger partial charge in [-0.3, -0.25) is 34.0 Å². The summed E-state index contributed by atoms with van der Waals surface area (Å²) in [6.45, 7) is 13.8. The van der Waals surface area contributed by atoms with Crippen molar-refractivity contribution in [2.75, 3.05) is 33.4 Å². The van der Waals surface area contributed by atoms with Crippen LogP contribution in [0, 0.1) is 11.3 Å². The first-order chi connectivity index (χ1) is 31.1. The van der Waals surface area contributed by atoms with Crippen LogP contribution >= 0.6 is 0 Å². The number of benzene rings is 2. The molecular formula is C49H62N8O8. The van der Waals surface area contributed by atoms with Gasteiger partial charge in [0.1, 0.15) is 29.9 Å². The molecule has 3 fully saturated rings. The molecule has 6 atom stereocenters. The monoisotopic (exact) mass is 890 g/mol. The molecule has 6 bridgehead atoms. The van der Waals surface area contributed by atoms with Crippen molar-refractivity contribution in [1.29, 1.82) is 0 Å². The fourth-order valence-corrected chi connectivity index (χ4v) is 9.76. The Hall–Kier alpha value is -5.84. The molecule has 0 aliphatic carbocycles. The molecule has 0 saturated carbocycles. The summed E-state index contributed by atoms with van der Waals surface area (Å²) in [4.78, 5) is 75.6. The number of phenolic OH excluding ortho intramolecular Hbond substituents is 1. The number of amides is 4. The fourth-order valence-electron chi connectivity index (χ4n) is 9.76. The molecule has 0 unspecified atom stereocenters. The predicted octanol–water partition coefficient (Wildman–Crippen LogP) is 4.17. The maximum atomic E-state index is 14.7. The Morgan fingerprint density at radius 2 is 1.78 bits per heavy atom. The molecule has 0 spiro atoms. The van der Waals surface area contributed by atoms with Crippen LogP contribution < -0.4 is 21.4 Å². The van der Waals surface area contributed by atoms with Crippen LogP contribution in [-0.4, -0.2) is 118 Å². The van der Waals surface area contributed by atoms with Gasteiger partial charge in [-0.2, -0.15) is 0 Å². The van der Waals surface area contributed by atoms with E-state index in [4.69, 9.17) is 14.5 Å². The number of carbonyl (C=O) groups excluding carboxylic acids is 5. The van der Waals surface area contributed by atoms with Gasteiger partial charge in [-0.25, -0.2) is 5.43 Å². The number of nitrogens with zero attached hydrogens (tertiary/aromatic N) is 4. The average molecular weight is 891 g/mol. The first-order valence-corrected chi connectivity index (χ1v) is 22.9. The zero-order valence-electron chi connectivity index (χ0n) is 38.4. The number of ether oxygens (including phenoxy) is 2. The first kappa shape index (κ1) is 45.7. The molecule has 4 aromatic rings. The van der Waals surface area contributed by atoms with Gasteiger partial charge in [0.15, 0.2) is 0 Å². The third-order valence-electron chi connectivity index (χ3n) is 13.2. The van der Waals surface area contributed by atoms with Crippen LogP contribution in [0.15, 0.2) is 54.7 Å². The largest absolute Gasteiger partial charge is 0.508 e. The SMILES string of the molecule is CCn1c(-c2cccnc2[C@H](C)OC)c2c3cc(ccc31)-c1cc(O)cc(c1)C[C@H](NC(=O)[C@H](C(C)C)N1CC[C@@H](NC(=O)[C@@H]3CN3)C1=O)C(=O)N1CCC[C@H](N1)C(=O)OCC(C)(C)C2. The van der Waals surface area contributed by atoms with Gasteiger partial charge in [-0.15, -0.1) is 0 Å². The number of nitrogens with one attached hydrogen (secondary N) is 4. The number of aromatic hydroxyl groups is 1. The zero-order chi connectivity index (χ0) is 46.3. The summed E-state index contributed by atoms with van der Waals surface area (Å²) in [5, 5.41) is 22.5. The number of aryl methyl sites for hydroxylation is 1. The maximum Gasteiger partial charge on any atom is 0.324 e. The molecule has 16 heteroatoms.